The molecule has 0 amide bonds. The molecule has 3 aliphatic carbocycles. The zero-order valence-electron chi connectivity index (χ0n) is 16.2. The van der Waals surface area contributed by atoms with Crippen LogP contribution in [0.4, 0.5) is 0 Å². The Morgan fingerprint density at radius 2 is 2.11 bits per heavy atom. The average Bonchev–Trinajstić information content (AvgIpc) is 3.45. The summed E-state index contributed by atoms with van der Waals surface area (Å²) in [4.78, 5) is 23.9. The average molecular weight is 374 g/mol. The first-order chi connectivity index (χ1) is 12.8. The predicted molar refractivity (Wildman–Crippen MR) is 99.8 cm³/mol. The van der Waals surface area contributed by atoms with E-state index in [2.05, 4.69) is 13.8 Å². The second-order valence-corrected chi connectivity index (χ2v) is 9.22. The van der Waals surface area contributed by atoms with E-state index in [0.717, 1.165) is 37.7 Å². The number of hydrogen-bond donors (Lipinski definition) is 2. The zero-order valence-corrected chi connectivity index (χ0v) is 16.2. The summed E-state index contributed by atoms with van der Waals surface area (Å²) in [5.74, 6) is 0.800. The van der Waals surface area contributed by atoms with Gasteiger partial charge in [0.25, 0.3) is 0 Å². The fourth-order valence-corrected chi connectivity index (χ4v) is 6.21. The van der Waals surface area contributed by atoms with Gasteiger partial charge in [-0.25, -0.2) is 0 Å². The maximum Gasteiger partial charge on any atom is 0.192 e. The van der Waals surface area contributed by atoms with Crippen LogP contribution in [0.1, 0.15) is 46.0 Å². The number of ether oxygens (including phenoxy) is 1. The summed E-state index contributed by atoms with van der Waals surface area (Å²) in [5.41, 5.74) is 0.106. The van der Waals surface area contributed by atoms with Gasteiger partial charge in [0.15, 0.2) is 17.2 Å². The Morgan fingerprint density at radius 1 is 1.37 bits per heavy atom. The molecule has 0 spiro atoms. The molecule has 4 unspecified atom stereocenters. The van der Waals surface area contributed by atoms with Crippen molar-refractivity contribution in [3.8, 4) is 0 Å². The molecule has 0 aromatic carbocycles. The lowest BCUT2D eigenvalue weighted by molar-refractivity contribution is -0.129. The molecule has 1 heterocycles. The van der Waals surface area contributed by atoms with Crippen LogP contribution in [0.3, 0.4) is 0 Å². The number of rotatable bonds is 5. The number of aliphatic hydroxyl groups excluding tert-OH is 2. The molecule has 0 aromatic heterocycles. The molecule has 2 N–H and O–H groups in total. The van der Waals surface area contributed by atoms with Crippen molar-refractivity contribution in [2.24, 2.45) is 29.1 Å². The third kappa shape index (κ3) is 2.95. The van der Waals surface area contributed by atoms with Gasteiger partial charge < -0.3 is 14.9 Å². The van der Waals surface area contributed by atoms with Gasteiger partial charge >= 0.3 is 0 Å². The van der Waals surface area contributed by atoms with Crippen molar-refractivity contribution in [2.75, 3.05) is 13.2 Å². The molecule has 0 aromatic rings. The Kier molecular flexibility index (Phi) is 4.68. The minimum Gasteiger partial charge on any atom is -0.393 e. The lowest BCUT2D eigenvalue weighted by Crippen LogP contribution is -2.51. The van der Waals surface area contributed by atoms with E-state index in [1.807, 2.05) is 6.08 Å². The number of allylic oxidation sites excluding steroid dienone is 4. The number of Topliss-reactive ketones (excluding diaryl/α,β-unsaturated/α-hetero) is 1. The summed E-state index contributed by atoms with van der Waals surface area (Å²) in [6.07, 6.45) is 9.51. The smallest absolute Gasteiger partial charge is 0.192 e. The molecule has 1 saturated heterocycles. The second kappa shape index (κ2) is 6.64. The van der Waals surface area contributed by atoms with Gasteiger partial charge in [0, 0.05) is 11.3 Å². The van der Waals surface area contributed by atoms with Crippen molar-refractivity contribution in [3.05, 3.63) is 23.8 Å². The van der Waals surface area contributed by atoms with E-state index in [1.165, 1.54) is 0 Å². The third-order valence-corrected chi connectivity index (χ3v) is 7.88. The van der Waals surface area contributed by atoms with Gasteiger partial charge in [-0.15, -0.1) is 0 Å². The van der Waals surface area contributed by atoms with E-state index >= 15 is 0 Å². The summed E-state index contributed by atoms with van der Waals surface area (Å²) < 4.78 is 5.51. The number of aliphatic hydroxyl groups is 2. The van der Waals surface area contributed by atoms with Crippen LogP contribution in [0, 0.1) is 29.1 Å². The summed E-state index contributed by atoms with van der Waals surface area (Å²) in [6.45, 7) is 4.15. The highest BCUT2D eigenvalue weighted by molar-refractivity contribution is 6.01. The lowest BCUT2D eigenvalue weighted by Gasteiger charge is -2.54. The number of epoxide rings is 1. The normalized spacial score (nSPS) is 44.1. The fraction of sp³-hybridized carbons (Fsp3) is 0.727. The van der Waals surface area contributed by atoms with E-state index in [-0.39, 0.29) is 34.9 Å². The number of carbonyl (C=O) groups is 2. The highest BCUT2D eigenvalue weighted by atomic mass is 16.6. The SMILES string of the molecule is C[C@H](C[C@@H]1CCC(O)C2C1CCC1=CC(=O)C=CC12C)[C@]1(C(=O)CO)CO1. The van der Waals surface area contributed by atoms with Gasteiger partial charge in [-0.3, -0.25) is 9.59 Å². The molecular weight excluding hydrogens is 344 g/mol. The highest BCUT2D eigenvalue weighted by Gasteiger charge is 2.57. The van der Waals surface area contributed by atoms with E-state index in [4.69, 9.17) is 4.74 Å². The van der Waals surface area contributed by atoms with Crippen LogP contribution in [0.25, 0.3) is 0 Å². The largest absolute Gasteiger partial charge is 0.393 e. The number of ketones is 2. The Balaban J connectivity index is 1.56. The minimum atomic E-state index is -0.791. The van der Waals surface area contributed by atoms with Crippen LogP contribution in [-0.2, 0) is 14.3 Å². The van der Waals surface area contributed by atoms with Crippen LogP contribution in [0.15, 0.2) is 23.8 Å². The molecule has 7 atom stereocenters. The van der Waals surface area contributed by atoms with Gasteiger partial charge in [-0.2, -0.15) is 0 Å². The quantitative estimate of drug-likeness (QED) is 0.721. The molecule has 5 heteroatoms. The van der Waals surface area contributed by atoms with Gasteiger partial charge in [-0.05, 0) is 62.0 Å². The number of fused-ring (bicyclic) bond motifs is 3. The summed E-state index contributed by atoms with van der Waals surface area (Å²) in [6, 6.07) is 0. The maximum absolute atomic E-state index is 12.1. The van der Waals surface area contributed by atoms with Gasteiger partial charge in [0.2, 0.25) is 0 Å². The van der Waals surface area contributed by atoms with E-state index in [1.54, 1.807) is 12.2 Å². The summed E-state index contributed by atoms with van der Waals surface area (Å²) in [5, 5.41) is 20.1. The summed E-state index contributed by atoms with van der Waals surface area (Å²) >= 11 is 0. The molecular formula is C22H30O5. The molecule has 3 fully saturated rings. The Bertz CT molecular complexity index is 703. The number of carbonyl (C=O) groups excluding carboxylic acids is 2. The molecule has 148 valence electrons. The first-order valence-electron chi connectivity index (χ1n) is 10.2. The second-order valence-electron chi connectivity index (χ2n) is 9.22. The van der Waals surface area contributed by atoms with Gasteiger partial charge in [0.1, 0.15) is 6.61 Å². The maximum atomic E-state index is 12.1. The van der Waals surface area contributed by atoms with Crippen molar-refractivity contribution >= 4 is 11.6 Å². The van der Waals surface area contributed by atoms with Crippen molar-refractivity contribution < 1.29 is 24.5 Å². The minimum absolute atomic E-state index is 0.0479. The van der Waals surface area contributed by atoms with E-state index in [9.17, 15) is 19.8 Å². The molecule has 0 bridgehead atoms. The van der Waals surface area contributed by atoms with Crippen LogP contribution < -0.4 is 0 Å². The molecule has 27 heavy (non-hydrogen) atoms. The van der Waals surface area contributed by atoms with Crippen LogP contribution in [0.5, 0.6) is 0 Å². The Labute approximate surface area is 160 Å². The fourth-order valence-electron chi connectivity index (χ4n) is 6.21. The molecule has 0 radical (unpaired) electrons. The standard InChI is InChI=1S/C22H30O5/c1-13(22(12-27-22)19(26)11-23)9-14-3-6-18(25)20-17(14)5-4-15-10-16(24)7-8-21(15,20)2/h7-8,10,13-14,17-18,20,23,25H,3-6,9,11-12H2,1-2H3/t13-,14+,17?,18?,20?,21?,22+/m1/s1. The predicted octanol–water partition coefficient (Wildman–Crippen LogP) is 2.21. The first kappa shape index (κ1) is 19.0. The van der Waals surface area contributed by atoms with E-state index in [0.29, 0.717) is 18.4 Å². The molecule has 2 saturated carbocycles. The zero-order chi connectivity index (χ0) is 19.4. The highest BCUT2D eigenvalue weighted by Crippen LogP contribution is 2.58. The Morgan fingerprint density at radius 3 is 2.78 bits per heavy atom. The van der Waals surface area contributed by atoms with Crippen molar-refractivity contribution in [3.63, 3.8) is 0 Å². The third-order valence-electron chi connectivity index (χ3n) is 7.88. The lowest BCUT2D eigenvalue weighted by atomic mass is 9.51. The molecule has 4 aliphatic rings. The van der Waals surface area contributed by atoms with Crippen LogP contribution in [0.2, 0.25) is 0 Å². The topological polar surface area (TPSA) is 87.1 Å². The van der Waals surface area contributed by atoms with Gasteiger partial charge in [-0.1, -0.05) is 25.5 Å². The van der Waals surface area contributed by atoms with Crippen molar-refractivity contribution in [1.82, 2.24) is 0 Å². The monoisotopic (exact) mass is 374 g/mol. The van der Waals surface area contributed by atoms with Crippen LogP contribution in [-0.4, -0.2) is 46.7 Å². The van der Waals surface area contributed by atoms with Gasteiger partial charge in [0.05, 0.1) is 12.7 Å². The molecule has 4 rings (SSSR count). The number of hydrogen-bond acceptors (Lipinski definition) is 5. The Hall–Kier alpha value is -1.30. The van der Waals surface area contributed by atoms with E-state index < -0.39 is 12.2 Å². The molecule has 1 aliphatic heterocycles. The van der Waals surface area contributed by atoms with Crippen molar-refractivity contribution in [2.45, 2.75) is 57.7 Å². The van der Waals surface area contributed by atoms with Crippen LogP contribution >= 0.6 is 0 Å². The van der Waals surface area contributed by atoms with Crippen molar-refractivity contribution in [1.29, 1.82) is 0 Å². The first-order valence-corrected chi connectivity index (χ1v) is 10.2. The molecule has 5 nitrogen and oxygen atoms in total. The summed E-state index contributed by atoms with van der Waals surface area (Å²) in [7, 11) is 0.